The molecule has 0 aliphatic carbocycles. The first-order valence-electron chi connectivity index (χ1n) is 7.35. The molecule has 2 N–H and O–H groups in total. The van der Waals surface area contributed by atoms with Crippen molar-refractivity contribution in [3.05, 3.63) is 48.7 Å². The van der Waals surface area contributed by atoms with Crippen molar-refractivity contribution in [2.24, 2.45) is 0 Å². The minimum atomic E-state index is -0.993. The van der Waals surface area contributed by atoms with Gasteiger partial charge in [0.2, 0.25) is 0 Å². The third kappa shape index (κ3) is 3.28. The fourth-order valence-electron chi connectivity index (χ4n) is 2.59. The van der Waals surface area contributed by atoms with Crippen LogP contribution in [0.25, 0.3) is 16.6 Å². The molecule has 0 spiro atoms. The standard InChI is InChI=1S/C16H17N5O2/c1-11(20-16(22)23)5-6-12-3-2-4-15-14(12)9-19-21(15)13-7-17-10-18-8-13/h2-4,7-11,20H,5-6H2,1H3,(H,22,23). The number of aryl methyl sites for hydroxylation is 1. The number of aromatic nitrogens is 4. The number of benzene rings is 1. The highest BCUT2D eigenvalue weighted by Crippen LogP contribution is 2.22. The maximum absolute atomic E-state index is 10.7. The van der Waals surface area contributed by atoms with Gasteiger partial charge in [-0.2, -0.15) is 5.10 Å². The molecule has 3 rings (SSSR count). The van der Waals surface area contributed by atoms with Gasteiger partial charge >= 0.3 is 6.09 Å². The van der Waals surface area contributed by atoms with E-state index in [1.54, 1.807) is 17.1 Å². The zero-order valence-corrected chi connectivity index (χ0v) is 12.7. The molecular formula is C16H17N5O2. The Bertz CT molecular complexity index is 816. The summed E-state index contributed by atoms with van der Waals surface area (Å²) in [7, 11) is 0. The molecule has 1 atom stereocenters. The van der Waals surface area contributed by atoms with Crippen molar-refractivity contribution in [2.75, 3.05) is 0 Å². The van der Waals surface area contributed by atoms with E-state index in [0.717, 1.165) is 35.0 Å². The Hall–Kier alpha value is -2.96. The zero-order chi connectivity index (χ0) is 16.2. The predicted molar refractivity (Wildman–Crippen MR) is 85.6 cm³/mol. The summed E-state index contributed by atoms with van der Waals surface area (Å²) < 4.78 is 1.80. The molecule has 2 heterocycles. The molecule has 0 bridgehead atoms. The summed E-state index contributed by atoms with van der Waals surface area (Å²) >= 11 is 0. The van der Waals surface area contributed by atoms with Gasteiger partial charge in [-0.15, -0.1) is 0 Å². The molecule has 1 aromatic carbocycles. The molecular weight excluding hydrogens is 294 g/mol. The van der Waals surface area contributed by atoms with Crippen molar-refractivity contribution in [1.29, 1.82) is 0 Å². The van der Waals surface area contributed by atoms with Crippen LogP contribution in [0.15, 0.2) is 43.1 Å². The summed E-state index contributed by atoms with van der Waals surface area (Å²) in [6, 6.07) is 5.93. The highest BCUT2D eigenvalue weighted by atomic mass is 16.4. The van der Waals surface area contributed by atoms with Gasteiger partial charge in [0.25, 0.3) is 0 Å². The van der Waals surface area contributed by atoms with E-state index in [0.29, 0.717) is 0 Å². The van der Waals surface area contributed by atoms with Gasteiger partial charge in [-0.05, 0) is 31.4 Å². The van der Waals surface area contributed by atoms with Gasteiger partial charge < -0.3 is 10.4 Å². The normalized spacial score (nSPS) is 12.2. The number of fused-ring (bicyclic) bond motifs is 1. The topological polar surface area (TPSA) is 92.9 Å². The van der Waals surface area contributed by atoms with E-state index in [4.69, 9.17) is 5.11 Å². The third-order valence-electron chi connectivity index (χ3n) is 3.71. The van der Waals surface area contributed by atoms with Crippen molar-refractivity contribution in [2.45, 2.75) is 25.8 Å². The summed E-state index contributed by atoms with van der Waals surface area (Å²) in [6.07, 6.45) is 7.24. The van der Waals surface area contributed by atoms with Crippen LogP contribution in [-0.4, -0.2) is 37.0 Å². The SMILES string of the molecule is CC(CCc1cccc2c1cnn2-c1cncnc1)NC(=O)O. The Balaban J connectivity index is 1.86. The summed E-state index contributed by atoms with van der Waals surface area (Å²) in [4.78, 5) is 18.7. The first-order chi connectivity index (χ1) is 11.1. The van der Waals surface area contributed by atoms with Gasteiger partial charge in [0.1, 0.15) is 12.0 Å². The van der Waals surface area contributed by atoms with Crippen LogP contribution in [0.2, 0.25) is 0 Å². The lowest BCUT2D eigenvalue weighted by molar-refractivity contribution is 0.190. The zero-order valence-electron chi connectivity index (χ0n) is 12.7. The highest BCUT2D eigenvalue weighted by Gasteiger charge is 2.11. The monoisotopic (exact) mass is 311 g/mol. The van der Waals surface area contributed by atoms with Crippen LogP contribution in [0.5, 0.6) is 0 Å². The van der Waals surface area contributed by atoms with Gasteiger partial charge in [-0.3, -0.25) is 0 Å². The maximum Gasteiger partial charge on any atom is 0.404 e. The van der Waals surface area contributed by atoms with Gasteiger partial charge in [0.15, 0.2) is 0 Å². The van der Waals surface area contributed by atoms with Gasteiger partial charge in [0, 0.05) is 11.4 Å². The quantitative estimate of drug-likeness (QED) is 0.754. The molecule has 0 saturated heterocycles. The van der Waals surface area contributed by atoms with Gasteiger partial charge in [-0.25, -0.2) is 19.4 Å². The van der Waals surface area contributed by atoms with Crippen molar-refractivity contribution in [3.63, 3.8) is 0 Å². The second kappa shape index (κ2) is 6.43. The van der Waals surface area contributed by atoms with E-state index < -0.39 is 6.09 Å². The number of hydrogen-bond acceptors (Lipinski definition) is 4. The number of nitrogens with one attached hydrogen (secondary N) is 1. The first-order valence-corrected chi connectivity index (χ1v) is 7.35. The third-order valence-corrected chi connectivity index (χ3v) is 3.71. The summed E-state index contributed by atoms with van der Waals surface area (Å²) in [5.41, 5.74) is 2.93. The Morgan fingerprint density at radius 2 is 2.09 bits per heavy atom. The van der Waals surface area contributed by atoms with Crippen LogP contribution in [0.3, 0.4) is 0 Å². The van der Waals surface area contributed by atoms with Crippen LogP contribution in [-0.2, 0) is 6.42 Å². The molecule has 23 heavy (non-hydrogen) atoms. The van der Waals surface area contributed by atoms with Crippen LogP contribution in [0.4, 0.5) is 4.79 Å². The molecule has 0 radical (unpaired) electrons. The number of carbonyl (C=O) groups is 1. The summed E-state index contributed by atoms with van der Waals surface area (Å²) in [5, 5.41) is 16.7. The van der Waals surface area contributed by atoms with Gasteiger partial charge in [0.05, 0.1) is 24.1 Å². The lowest BCUT2D eigenvalue weighted by Crippen LogP contribution is -2.31. The molecule has 0 aliphatic heterocycles. The lowest BCUT2D eigenvalue weighted by Gasteiger charge is -2.11. The number of amides is 1. The number of hydrogen-bond donors (Lipinski definition) is 2. The van der Waals surface area contributed by atoms with E-state index in [1.165, 1.54) is 6.33 Å². The second-order valence-corrected chi connectivity index (χ2v) is 5.39. The van der Waals surface area contributed by atoms with Gasteiger partial charge in [-0.1, -0.05) is 12.1 Å². The smallest absolute Gasteiger partial charge is 0.404 e. The van der Waals surface area contributed by atoms with E-state index in [2.05, 4.69) is 20.4 Å². The Morgan fingerprint density at radius 1 is 1.30 bits per heavy atom. The summed E-state index contributed by atoms with van der Waals surface area (Å²) in [5.74, 6) is 0. The Kier molecular flexibility index (Phi) is 4.18. The molecule has 2 aromatic heterocycles. The number of rotatable bonds is 5. The van der Waals surface area contributed by atoms with E-state index in [9.17, 15) is 4.79 Å². The van der Waals surface area contributed by atoms with E-state index in [-0.39, 0.29) is 6.04 Å². The summed E-state index contributed by atoms with van der Waals surface area (Å²) in [6.45, 7) is 1.86. The van der Waals surface area contributed by atoms with E-state index >= 15 is 0 Å². The molecule has 1 unspecified atom stereocenters. The first kappa shape index (κ1) is 15.0. The molecule has 7 heteroatoms. The Labute approximate surface area is 133 Å². The molecule has 0 fully saturated rings. The molecule has 3 aromatic rings. The van der Waals surface area contributed by atoms with Crippen molar-refractivity contribution in [1.82, 2.24) is 25.1 Å². The Morgan fingerprint density at radius 3 is 2.83 bits per heavy atom. The second-order valence-electron chi connectivity index (χ2n) is 5.39. The molecule has 0 aliphatic rings. The molecule has 7 nitrogen and oxygen atoms in total. The largest absolute Gasteiger partial charge is 0.465 e. The molecule has 1 amide bonds. The fraction of sp³-hybridized carbons (Fsp3) is 0.250. The molecule has 0 saturated carbocycles. The van der Waals surface area contributed by atoms with Crippen LogP contribution >= 0.6 is 0 Å². The van der Waals surface area contributed by atoms with Crippen molar-refractivity contribution >= 4 is 17.0 Å². The predicted octanol–water partition coefficient (Wildman–Crippen LogP) is 2.40. The average Bonchev–Trinajstić information content (AvgIpc) is 2.97. The van der Waals surface area contributed by atoms with Crippen LogP contribution in [0, 0.1) is 0 Å². The fourth-order valence-corrected chi connectivity index (χ4v) is 2.59. The highest BCUT2D eigenvalue weighted by molar-refractivity contribution is 5.83. The minimum Gasteiger partial charge on any atom is -0.465 e. The average molecular weight is 311 g/mol. The maximum atomic E-state index is 10.7. The lowest BCUT2D eigenvalue weighted by atomic mass is 10.0. The van der Waals surface area contributed by atoms with Crippen LogP contribution < -0.4 is 5.32 Å². The van der Waals surface area contributed by atoms with Crippen molar-refractivity contribution in [3.8, 4) is 5.69 Å². The minimum absolute atomic E-state index is 0.0969. The van der Waals surface area contributed by atoms with Crippen LogP contribution in [0.1, 0.15) is 18.9 Å². The van der Waals surface area contributed by atoms with E-state index in [1.807, 2.05) is 31.3 Å². The molecule has 118 valence electrons. The number of carboxylic acid groups (broad SMARTS) is 1. The number of nitrogens with zero attached hydrogens (tertiary/aromatic N) is 4. The van der Waals surface area contributed by atoms with Crippen molar-refractivity contribution < 1.29 is 9.90 Å².